The van der Waals surface area contributed by atoms with Crippen LogP contribution in [0.4, 0.5) is 0 Å². The van der Waals surface area contributed by atoms with Crippen molar-refractivity contribution >= 4 is 13.6 Å². The summed E-state index contributed by atoms with van der Waals surface area (Å²) >= 11 is 0. The monoisotopic (exact) mass is 347 g/mol. The Morgan fingerprint density at radius 1 is 0.958 bits per heavy atom. The molecular weight excluding hydrogens is 329 g/mol. The van der Waals surface area contributed by atoms with Crippen LogP contribution in [0.25, 0.3) is 0 Å². The van der Waals surface area contributed by atoms with Gasteiger partial charge in [0, 0.05) is 0 Å². The quantitative estimate of drug-likeness (QED) is 0.851. The van der Waals surface area contributed by atoms with Gasteiger partial charge < -0.3 is 0 Å². The van der Waals surface area contributed by atoms with E-state index < -0.39 is 19.7 Å². The third kappa shape index (κ3) is 2.30. The fourth-order valence-corrected chi connectivity index (χ4v) is 5.92. The predicted octanol–water partition coefficient (Wildman–Crippen LogP) is 3.84. The van der Waals surface area contributed by atoms with Crippen molar-refractivity contribution in [1.29, 1.82) is 0 Å². The Hall–Kier alpha value is -2.30. The van der Waals surface area contributed by atoms with Gasteiger partial charge in [-0.05, 0) is 0 Å². The van der Waals surface area contributed by atoms with Crippen LogP contribution in [-0.2, 0) is 9.32 Å². The van der Waals surface area contributed by atoms with Crippen molar-refractivity contribution < 1.29 is 22.9 Å². The van der Waals surface area contributed by atoms with E-state index in [1.54, 1.807) is 24.3 Å². The molecule has 1 atom stereocenters. The molecule has 1 spiro atoms. The summed E-state index contributed by atoms with van der Waals surface area (Å²) in [4.78, 5) is 12.4. The molecule has 24 heavy (non-hydrogen) atoms. The summed E-state index contributed by atoms with van der Waals surface area (Å²) in [6, 6.07) is 15.6. The minimum atomic E-state index is -4.35. The minimum absolute atomic E-state index is 0.00529. The number of carbonyl (C=O) groups is 1. The van der Waals surface area contributed by atoms with E-state index in [9.17, 15) is 4.79 Å². The van der Waals surface area contributed by atoms with E-state index in [0.717, 1.165) is 0 Å². The van der Waals surface area contributed by atoms with Crippen LogP contribution in [-0.4, -0.2) is 12.0 Å². The molecule has 2 aromatic carbocycles. The second-order valence-corrected chi connectivity index (χ2v) is 8.72. The van der Waals surface area contributed by atoms with Gasteiger partial charge in [-0.2, -0.15) is 0 Å². The molecule has 7 heteroatoms. The standard InChI is InChI=1S/C17H18NO5P/c1-12(2)16-17(19)23-24(18-16,20-13-8-4-3-5-9-13)21-14-10-6-7-11-15(14)22-24/h3-12,16,18H,1-2H3/t16-/m0/s1. The Labute approximate surface area is 140 Å². The van der Waals surface area contributed by atoms with Crippen LogP contribution in [0, 0.1) is 5.92 Å². The van der Waals surface area contributed by atoms with Crippen LogP contribution in [0.15, 0.2) is 54.6 Å². The topological polar surface area (TPSA) is 66.0 Å². The van der Waals surface area contributed by atoms with Gasteiger partial charge in [0.1, 0.15) is 0 Å². The Balaban J connectivity index is 1.79. The number of para-hydroxylation sites is 3. The SMILES string of the molecule is CC(C)[C@@H]1NP2(Oc3ccccc3)(OC1=O)Oc1ccccc1O2. The first-order valence-corrected chi connectivity index (χ1v) is 9.69. The number of hydrogen-bond donors (Lipinski definition) is 1. The van der Waals surface area contributed by atoms with Crippen LogP contribution in [0.1, 0.15) is 13.8 Å². The molecule has 0 saturated carbocycles. The normalized spacial score (nSPS) is 24.4. The summed E-state index contributed by atoms with van der Waals surface area (Å²) in [7, 11) is -4.35. The van der Waals surface area contributed by atoms with E-state index in [-0.39, 0.29) is 5.92 Å². The van der Waals surface area contributed by atoms with E-state index in [0.29, 0.717) is 17.2 Å². The van der Waals surface area contributed by atoms with Crippen molar-refractivity contribution in [2.75, 3.05) is 0 Å². The number of fused-ring (bicyclic) bond motifs is 1. The van der Waals surface area contributed by atoms with E-state index in [1.807, 2.05) is 44.2 Å². The van der Waals surface area contributed by atoms with E-state index in [4.69, 9.17) is 18.1 Å². The maximum absolute atomic E-state index is 12.4. The molecule has 0 radical (unpaired) electrons. The van der Waals surface area contributed by atoms with Crippen LogP contribution in [0.5, 0.6) is 17.2 Å². The fourth-order valence-electron chi connectivity index (χ4n) is 2.73. The van der Waals surface area contributed by atoms with Gasteiger partial charge in [-0.15, -0.1) is 0 Å². The molecule has 1 saturated heterocycles. The van der Waals surface area contributed by atoms with Gasteiger partial charge >= 0.3 is 139 Å². The second kappa shape index (κ2) is 5.10. The molecule has 126 valence electrons. The van der Waals surface area contributed by atoms with Crippen molar-refractivity contribution in [2.24, 2.45) is 5.92 Å². The van der Waals surface area contributed by atoms with Crippen molar-refractivity contribution in [3.8, 4) is 17.2 Å². The van der Waals surface area contributed by atoms with Gasteiger partial charge in [0.25, 0.3) is 0 Å². The van der Waals surface area contributed by atoms with Gasteiger partial charge in [0.15, 0.2) is 0 Å². The van der Waals surface area contributed by atoms with Crippen LogP contribution in [0.2, 0.25) is 0 Å². The predicted molar refractivity (Wildman–Crippen MR) is 89.5 cm³/mol. The van der Waals surface area contributed by atoms with E-state index >= 15 is 0 Å². The third-order valence-corrected chi connectivity index (χ3v) is 6.63. The number of benzene rings is 2. The molecule has 0 unspecified atom stereocenters. The van der Waals surface area contributed by atoms with Crippen LogP contribution >= 0.6 is 7.66 Å². The Morgan fingerprint density at radius 2 is 1.54 bits per heavy atom. The molecule has 0 aliphatic carbocycles. The Morgan fingerprint density at radius 3 is 2.08 bits per heavy atom. The molecule has 2 heterocycles. The molecule has 0 aromatic heterocycles. The van der Waals surface area contributed by atoms with Gasteiger partial charge in [-0.1, -0.05) is 0 Å². The van der Waals surface area contributed by atoms with Crippen molar-refractivity contribution in [3.63, 3.8) is 0 Å². The molecule has 2 aromatic rings. The fraction of sp³-hybridized carbons (Fsp3) is 0.235. The summed E-state index contributed by atoms with van der Waals surface area (Å²) < 4.78 is 23.8. The summed E-state index contributed by atoms with van der Waals surface area (Å²) in [5.41, 5.74) is 0. The first-order valence-electron chi connectivity index (χ1n) is 7.78. The van der Waals surface area contributed by atoms with Crippen molar-refractivity contribution in [1.82, 2.24) is 5.09 Å². The zero-order chi connectivity index (χ0) is 16.8. The number of hydrogen-bond acceptors (Lipinski definition) is 6. The molecule has 2 aliphatic rings. The molecule has 1 N–H and O–H groups in total. The van der Waals surface area contributed by atoms with Crippen molar-refractivity contribution in [3.05, 3.63) is 54.6 Å². The molecule has 1 fully saturated rings. The zero-order valence-electron chi connectivity index (χ0n) is 13.3. The van der Waals surface area contributed by atoms with E-state index in [2.05, 4.69) is 5.09 Å². The van der Waals surface area contributed by atoms with Crippen LogP contribution in [0.3, 0.4) is 0 Å². The van der Waals surface area contributed by atoms with Gasteiger partial charge in [0.05, 0.1) is 0 Å². The summed E-state index contributed by atoms with van der Waals surface area (Å²) in [6.45, 7) is 3.84. The number of carbonyl (C=O) groups excluding carboxylic acids is 1. The van der Waals surface area contributed by atoms with E-state index in [1.165, 1.54) is 0 Å². The zero-order valence-corrected chi connectivity index (χ0v) is 14.2. The molecule has 0 amide bonds. The Kier molecular flexibility index (Phi) is 3.24. The Bertz CT molecular complexity index is 770. The molecule has 0 bridgehead atoms. The summed E-state index contributed by atoms with van der Waals surface area (Å²) in [6.07, 6.45) is 0. The summed E-state index contributed by atoms with van der Waals surface area (Å²) in [5.74, 6) is 1.01. The first kappa shape index (κ1) is 15.2. The molecule has 4 rings (SSSR count). The number of nitrogens with one attached hydrogen (secondary N) is 1. The third-order valence-electron chi connectivity index (χ3n) is 3.88. The summed E-state index contributed by atoms with van der Waals surface area (Å²) in [5, 5.41) is 3.12. The van der Waals surface area contributed by atoms with Crippen molar-refractivity contribution in [2.45, 2.75) is 19.9 Å². The molecule has 2 aliphatic heterocycles. The van der Waals surface area contributed by atoms with Gasteiger partial charge in [-0.25, -0.2) is 0 Å². The maximum atomic E-state index is 12.4. The van der Waals surface area contributed by atoms with Gasteiger partial charge in [0.2, 0.25) is 0 Å². The molecular formula is C17H18NO5P. The molecule has 6 nitrogen and oxygen atoms in total. The average Bonchev–Trinajstić information content (AvgIpc) is 3.02. The average molecular weight is 347 g/mol. The second-order valence-electron chi connectivity index (χ2n) is 6.11. The van der Waals surface area contributed by atoms with Gasteiger partial charge in [-0.3, -0.25) is 0 Å². The van der Waals surface area contributed by atoms with Crippen LogP contribution < -0.4 is 18.7 Å². The number of rotatable bonds is 3. The first-order chi connectivity index (χ1) is 11.5.